The number of carbonyl (C=O) groups is 3. The summed E-state index contributed by atoms with van der Waals surface area (Å²) in [5.41, 5.74) is 0.438. The molecule has 0 amide bonds. The van der Waals surface area contributed by atoms with Gasteiger partial charge in [-0.25, -0.2) is 0 Å². The highest BCUT2D eigenvalue weighted by molar-refractivity contribution is 6.63. The molecule has 0 unspecified atom stereocenters. The van der Waals surface area contributed by atoms with Gasteiger partial charge in [0.2, 0.25) is 5.24 Å². The molecule has 0 spiro atoms. The molecule has 0 bridgehead atoms. The second kappa shape index (κ2) is 9.27. The molecule has 0 heterocycles. The van der Waals surface area contributed by atoms with Crippen LogP contribution in [0.25, 0.3) is 0 Å². The normalized spacial score (nSPS) is 46.2. The van der Waals surface area contributed by atoms with Crippen LogP contribution in [0.5, 0.6) is 0 Å². The second-order valence-corrected chi connectivity index (χ2v) is 12.1. The lowest BCUT2D eigenvalue weighted by Crippen LogP contribution is -2.59. The Morgan fingerprint density at radius 1 is 1.00 bits per heavy atom. The van der Waals surface area contributed by atoms with E-state index in [1.165, 1.54) is 25.7 Å². The molecule has 4 saturated carbocycles. The van der Waals surface area contributed by atoms with Gasteiger partial charge in [0.05, 0.1) is 0 Å². The summed E-state index contributed by atoms with van der Waals surface area (Å²) in [5, 5.41) is -0.236. The van der Waals surface area contributed by atoms with Crippen molar-refractivity contribution in [3.8, 4) is 0 Å². The van der Waals surface area contributed by atoms with Crippen LogP contribution in [-0.2, 0) is 23.9 Å². The summed E-state index contributed by atoms with van der Waals surface area (Å²) in [6.07, 6.45) is 9.75. The zero-order chi connectivity index (χ0) is 23.1. The van der Waals surface area contributed by atoms with E-state index in [0.29, 0.717) is 54.9 Å². The summed E-state index contributed by atoms with van der Waals surface area (Å²) in [7, 11) is 0. The Hall–Kier alpha value is -1.10. The van der Waals surface area contributed by atoms with Crippen molar-refractivity contribution in [1.82, 2.24) is 0 Å². The van der Waals surface area contributed by atoms with Crippen molar-refractivity contribution in [2.75, 3.05) is 0 Å². The molecule has 32 heavy (non-hydrogen) atoms. The van der Waals surface area contributed by atoms with Gasteiger partial charge in [-0.1, -0.05) is 20.8 Å². The maximum atomic E-state index is 11.5. The van der Waals surface area contributed by atoms with Crippen LogP contribution in [0.2, 0.25) is 0 Å². The van der Waals surface area contributed by atoms with Crippen LogP contribution in [0.15, 0.2) is 0 Å². The third-order valence-corrected chi connectivity index (χ3v) is 10.8. The van der Waals surface area contributed by atoms with E-state index in [9.17, 15) is 14.4 Å². The lowest BCUT2D eigenvalue weighted by Gasteiger charge is -2.62. The highest BCUT2D eigenvalue weighted by Gasteiger charge is 2.63. The van der Waals surface area contributed by atoms with E-state index in [-0.39, 0.29) is 28.3 Å². The van der Waals surface area contributed by atoms with E-state index in [1.54, 1.807) is 0 Å². The Morgan fingerprint density at radius 3 is 2.38 bits per heavy atom. The number of halogens is 1. The molecule has 0 radical (unpaired) electrons. The Balaban J connectivity index is 1.58. The molecule has 0 aromatic carbocycles. The molecule has 6 heteroatoms. The van der Waals surface area contributed by atoms with Crippen LogP contribution in [0.3, 0.4) is 0 Å². The number of fused-ring (bicyclic) bond motifs is 5. The fraction of sp³-hybridized carbons (Fsp3) is 0.885. The van der Waals surface area contributed by atoms with Crippen LogP contribution in [0.1, 0.15) is 85.0 Å². The standard InChI is InChI=1S/C26H39ClO5/c1-16(4-7-23(27)30)19-5-6-20-24-21(9-11-26(19,20)3)25(2)10-8-18(31-14-28)12-17(25)13-22(24)32-15-29/h14-22,24H,4-13H2,1-3H3/t16-,17+,18-,19-,20+,21+,22+,24+,25+,26-/m1/s1. The van der Waals surface area contributed by atoms with E-state index >= 15 is 0 Å². The Kier molecular flexibility index (Phi) is 6.96. The van der Waals surface area contributed by atoms with Crippen LogP contribution in [-0.4, -0.2) is 30.4 Å². The molecule has 0 saturated heterocycles. The average molecular weight is 467 g/mol. The van der Waals surface area contributed by atoms with E-state index in [0.717, 1.165) is 32.1 Å². The predicted molar refractivity (Wildman–Crippen MR) is 122 cm³/mol. The van der Waals surface area contributed by atoms with Gasteiger partial charge in [-0.15, -0.1) is 0 Å². The summed E-state index contributed by atoms with van der Waals surface area (Å²) in [6.45, 7) is 8.44. The first-order valence-electron chi connectivity index (χ1n) is 12.6. The average Bonchev–Trinajstić information content (AvgIpc) is 3.10. The molecule has 4 aliphatic rings. The molecular formula is C26H39ClO5. The highest BCUT2D eigenvalue weighted by Crippen LogP contribution is 2.68. The topological polar surface area (TPSA) is 69.7 Å². The second-order valence-electron chi connectivity index (χ2n) is 11.7. The van der Waals surface area contributed by atoms with Crippen LogP contribution in [0, 0.1) is 46.3 Å². The third kappa shape index (κ3) is 4.01. The maximum Gasteiger partial charge on any atom is 0.293 e. The van der Waals surface area contributed by atoms with Gasteiger partial charge >= 0.3 is 0 Å². The summed E-state index contributed by atoms with van der Waals surface area (Å²) < 4.78 is 11.2. The lowest BCUT2D eigenvalue weighted by atomic mass is 9.43. The molecule has 4 rings (SSSR count). The van der Waals surface area contributed by atoms with Gasteiger partial charge in [0.1, 0.15) is 12.2 Å². The van der Waals surface area contributed by atoms with E-state index < -0.39 is 0 Å². The monoisotopic (exact) mass is 466 g/mol. The Morgan fingerprint density at radius 2 is 1.69 bits per heavy atom. The zero-order valence-corrected chi connectivity index (χ0v) is 20.5. The number of ether oxygens (including phenoxy) is 2. The summed E-state index contributed by atoms with van der Waals surface area (Å²) in [6, 6.07) is 0. The van der Waals surface area contributed by atoms with Crippen molar-refractivity contribution in [3.05, 3.63) is 0 Å². The zero-order valence-electron chi connectivity index (χ0n) is 19.8. The first-order chi connectivity index (χ1) is 15.2. The fourth-order valence-electron chi connectivity index (χ4n) is 9.09. The quantitative estimate of drug-likeness (QED) is 0.348. The van der Waals surface area contributed by atoms with Crippen molar-refractivity contribution >= 4 is 29.8 Å². The van der Waals surface area contributed by atoms with Crippen molar-refractivity contribution in [2.24, 2.45) is 46.3 Å². The van der Waals surface area contributed by atoms with Crippen molar-refractivity contribution < 1.29 is 23.9 Å². The highest BCUT2D eigenvalue weighted by atomic mass is 35.5. The van der Waals surface area contributed by atoms with Crippen LogP contribution < -0.4 is 0 Å². The van der Waals surface area contributed by atoms with Gasteiger partial charge in [-0.3, -0.25) is 14.4 Å². The van der Waals surface area contributed by atoms with Crippen LogP contribution in [0.4, 0.5) is 0 Å². The smallest absolute Gasteiger partial charge is 0.293 e. The van der Waals surface area contributed by atoms with E-state index in [4.69, 9.17) is 21.1 Å². The number of hydrogen-bond acceptors (Lipinski definition) is 5. The molecule has 0 aromatic rings. The van der Waals surface area contributed by atoms with Crippen molar-refractivity contribution in [1.29, 1.82) is 0 Å². The number of hydrogen-bond donors (Lipinski definition) is 0. The van der Waals surface area contributed by atoms with Gasteiger partial charge in [0, 0.05) is 12.3 Å². The molecule has 180 valence electrons. The summed E-state index contributed by atoms with van der Waals surface area (Å²) in [5.74, 6) is 2.96. The first kappa shape index (κ1) is 24.0. The van der Waals surface area contributed by atoms with Gasteiger partial charge in [-0.2, -0.15) is 0 Å². The van der Waals surface area contributed by atoms with Crippen molar-refractivity contribution in [2.45, 2.75) is 97.2 Å². The van der Waals surface area contributed by atoms with Crippen molar-refractivity contribution in [3.63, 3.8) is 0 Å². The lowest BCUT2D eigenvalue weighted by molar-refractivity contribution is -0.190. The molecule has 10 atom stereocenters. The molecule has 4 aliphatic carbocycles. The van der Waals surface area contributed by atoms with E-state index in [1.807, 2.05) is 0 Å². The minimum absolute atomic E-state index is 0.00536. The first-order valence-corrected chi connectivity index (χ1v) is 13.0. The molecular weight excluding hydrogens is 428 g/mol. The number of carbonyl (C=O) groups excluding carboxylic acids is 3. The molecule has 5 nitrogen and oxygen atoms in total. The minimum Gasteiger partial charge on any atom is -0.465 e. The van der Waals surface area contributed by atoms with Crippen LogP contribution >= 0.6 is 11.6 Å². The molecule has 0 aliphatic heterocycles. The summed E-state index contributed by atoms with van der Waals surface area (Å²) in [4.78, 5) is 33.8. The molecule has 0 N–H and O–H groups in total. The molecule has 0 aromatic heterocycles. The molecule has 4 fully saturated rings. The maximum absolute atomic E-state index is 11.5. The predicted octanol–water partition coefficient (Wildman–Crippen LogP) is 5.52. The summed E-state index contributed by atoms with van der Waals surface area (Å²) >= 11 is 5.64. The van der Waals surface area contributed by atoms with Gasteiger partial charge in [0.15, 0.2) is 0 Å². The van der Waals surface area contributed by atoms with E-state index in [2.05, 4.69) is 20.8 Å². The number of rotatable bonds is 8. The van der Waals surface area contributed by atoms with Gasteiger partial charge in [0.25, 0.3) is 12.9 Å². The minimum atomic E-state index is -0.236. The SMILES string of the molecule is C[C@H](CCC(=O)Cl)[C@H]1CC[C@H]2[C@@H]3[C@@H](OC=O)C[C@@H]4C[C@H](OC=O)CC[C@]4(C)[C@H]3CC[C@]12C. The van der Waals surface area contributed by atoms with Gasteiger partial charge in [-0.05, 0) is 110 Å². The third-order valence-electron chi connectivity index (χ3n) is 10.6. The van der Waals surface area contributed by atoms with Gasteiger partial charge < -0.3 is 9.47 Å². The Labute approximate surface area is 197 Å². The Bertz CT molecular complexity index is 727. The largest absolute Gasteiger partial charge is 0.465 e. The fourth-order valence-corrected chi connectivity index (χ4v) is 9.20.